The highest BCUT2D eigenvalue weighted by Crippen LogP contribution is 2.45. The van der Waals surface area contributed by atoms with Gasteiger partial charge in [0.15, 0.2) is 0 Å². The summed E-state index contributed by atoms with van der Waals surface area (Å²) < 4.78 is 5.63. The van der Waals surface area contributed by atoms with Crippen LogP contribution in [-0.4, -0.2) is 28.2 Å². The first-order valence-corrected chi connectivity index (χ1v) is 10.4. The Morgan fingerprint density at radius 2 is 1.71 bits per heavy atom. The van der Waals surface area contributed by atoms with Crippen LogP contribution in [0.2, 0.25) is 0 Å². The van der Waals surface area contributed by atoms with Crippen molar-refractivity contribution in [3.63, 3.8) is 0 Å². The summed E-state index contributed by atoms with van der Waals surface area (Å²) in [5.41, 5.74) is 2.36. The fourth-order valence-electron chi connectivity index (χ4n) is 5.02. The van der Waals surface area contributed by atoms with E-state index in [9.17, 15) is 9.90 Å². The summed E-state index contributed by atoms with van der Waals surface area (Å²) in [5, 5.41) is 11.6. The Morgan fingerprint density at radius 1 is 1.07 bits per heavy atom. The maximum Gasteiger partial charge on any atom is 0.410 e. The third-order valence-electron chi connectivity index (χ3n) is 6.32. The van der Waals surface area contributed by atoms with Crippen molar-refractivity contribution < 1.29 is 14.6 Å². The zero-order chi connectivity index (χ0) is 19.6. The Hall–Kier alpha value is -2.33. The van der Waals surface area contributed by atoms with Gasteiger partial charge >= 0.3 is 6.09 Å². The van der Waals surface area contributed by atoms with Gasteiger partial charge in [-0.25, -0.2) is 4.79 Å². The molecule has 2 bridgehead atoms. The van der Waals surface area contributed by atoms with Crippen molar-refractivity contribution in [1.29, 1.82) is 0 Å². The van der Waals surface area contributed by atoms with Gasteiger partial charge in [0.25, 0.3) is 0 Å². The van der Waals surface area contributed by atoms with Crippen molar-refractivity contribution >= 4 is 6.09 Å². The summed E-state index contributed by atoms with van der Waals surface area (Å²) in [7, 11) is 0. The smallest absolute Gasteiger partial charge is 0.410 e. The summed E-state index contributed by atoms with van der Waals surface area (Å²) >= 11 is 0. The average molecular weight is 380 g/mol. The van der Waals surface area contributed by atoms with E-state index in [1.807, 2.05) is 47.4 Å². The molecule has 4 nitrogen and oxygen atoms in total. The van der Waals surface area contributed by atoms with Gasteiger partial charge in [-0.2, -0.15) is 0 Å². The number of ether oxygens (including phenoxy) is 1. The lowest BCUT2D eigenvalue weighted by molar-refractivity contribution is -0.0900. The van der Waals surface area contributed by atoms with E-state index in [0.717, 1.165) is 36.8 Å². The second kappa shape index (κ2) is 7.96. The largest absolute Gasteiger partial charge is 0.445 e. The molecule has 2 aromatic rings. The number of aliphatic hydroxyl groups is 1. The number of amides is 1. The van der Waals surface area contributed by atoms with Gasteiger partial charge in [-0.15, -0.1) is 0 Å². The molecule has 4 heteroatoms. The molecule has 0 spiro atoms. The predicted molar refractivity (Wildman–Crippen MR) is 109 cm³/mol. The van der Waals surface area contributed by atoms with Crippen molar-refractivity contribution in [2.24, 2.45) is 0 Å². The molecule has 2 unspecified atom stereocenters. The third kappa shape index (κ3) is 3.66. The monoisotopic (exact) mass is 379 g/mol. The van der Waals surface area contributed by atoms with Gasteiger partial charge in [-0.05, 0) is 42.4 Å². The number of rotatable bonds is 4. The Bertz CT molecular complexity index is 806. The minimum atomic E-state index is -0.863. The topological polar surface area (TPSA) is 49.8 Å². The number of benzene rings is 2. The van der Waals surface area contributed by atoms with E-state index >= 15 is 0 Å². The number of carbonyl (C=O) groups excluding carboxylic acids is 1. The number of aryl methyl sites for hydroxylation is 1. The lowest BCUT2D eigenvalue weighted by Crippen LogP contribution is -2.59. The second-order valence-electron chi connectivity index (χ2n) is 8.14. The lowest BCUT2D eigenvalue weighted by Gasteiger charge is -2.51. The molecule has 1 N–H and O–H groups in total. The highest BCUT2D eigenvalue weighted by atomic mass is 16.6. The Labute approximate surface area is 167 Å². The summed E-state index contributed by atoms with van der Waals surface area (Å²) in [4.78, 5) is 14.8. The molecule has 2 atom stereocenters. The molecular weight excluding hydrogens is 350 g/mol. The molecule has 0 radical (unpaired) electrons. The van der Waals surface area contributed by atoms with E-state index in [1.54, 1.807) is 0 Å². The zero-order valence-electron chi connectivity index (χ0n) is 16.5. The number of hydrogen-bond acceptors (Lipinski definition) is 3. The lowest BCUT2D eigenvalue weighted by atomic mass is 9.71. The fourth-order valence-corrected chi connectivity index (χ4v) is 5.02. The van der Waals surface area contributed by atoms with Gasteiger partial charge in [0, 0.05) is 24.9 Å². The average Bonchev–Trinajstić information content (AvgIpc) is 2.72. The Balaban J connectivity index is 1.51. The zero-order valence-corrected chi connectivity index (χ0v) is 16.5. The van der Waals surface area contributed by atoms with Crippen LogP contribution in [0.4, 0.5) is 4.79 Å². The molecule has 2 aliphatic rings. The van der Waals surface area contributed by atoms with E-state index in [4.69, 9.17) is 4.74 Å². The molecule has 148 valence electrons. The quantitative estimate of drug-likeness (QED) is 0.831. The Kier molecular flexibility index (Phi) is 5.40. The van der Waals surface area contributed by atoms with E-state index in [0.29, 0.717) is 19.4 Å². The van der Waals surface area contributed by atoms with Crippen molar-refractivity contribution in [2.75, 3.05) is 0 Å². The highest BCUT2D eigenvalue weighted by Gasteiger charge is 2.49. The first-order valence-electron chi connectivity index (χ1n) is 10.4. The summed E-state index contributed by atoms with van der Waals surface area (Å²) in [6.45, 7) is 2.41. The normalized spacial score (nSPS) is 26.7. The molecule has 0 aromatic heterocycles. The number of fused-ring (bicyclic) bond motifs is 2. The van der Waals surface area contributed by atoms with Crippen LogP contribution in [0.3, 0.4) is 0 Å². The van der Waals surface area contributed by atoms with Crippen LogP contribution in [0.15, 0.2) is 54.6 Å². The van der Waals surface area contributed by atoms with Crippen LogP contribution < -0.4 is 0 Å². The number of carbonyl (C=O) groups is 1. The van der Waals surface area contributed by atoms with E-state index in [1.165, 1.54) is 5.56 Å². The molecule has 0 aliphatic carbocycles. The molecule has 4 rings (SSSR count). The SMILES string of the molecule is CCc1ccccc1C1(O)CC2CCCC(C1)N2C(=O)OCc1ccccc1. The molecular formula is C24H29NO3. The maximum absolute atomic E-state index is 12.9. The van der Waals surface area contributed by atoms with Crippen LogP contribution in [0.25, 0.3) is 0 Å². The van der Waals surface area contributed by atoms with Crippen LogP contribution >= 0.6 is 0 Å². The van der Waals surface area contributed by atoms with E-state index in [2.05, 4.69) is 19.1 Å². The number of piperidine rings is 2. The van der Waals surface area contributed by atoms with Crippen LogP contribution in [0.5, 0.6) is 0 Å². The molecule has 0 saturated carbocycles. The molecule has 2 fully saturated rings. The standard InChI is InChI=1S/C24H29NO3/c1-2-19-11-6-7-14-22(19)24(27)15-20-12-8-13-21(16-24)25(20)23(26)28-17-18-9-4-3-5-10-18/h3-7,9-11,14,20-21,27H,2,8,12-13,15-17H2,1H3. The first kappa shape index (κ1) is 19.0. The van der Waals surface area contributed by atoms with Crippen LogP contribution in [0.1, 0.15) is 55.7 Å². The van der Waals surface area contributed by atoms with Crippen molar-refractivity contribution in [2.45, 2.75) is 69.7 Å². The van der Waals surface area contributed by atoms with Crippen molar-refractivity contribution in [3.8, 4) is 0 Å². The van der Waals surface area contributed by atoms with E-state index in [-0.39, 0.29) is 18.2 Å². The Morgan fingerprint density at radius 3 is 2.39 bits per heavy atom. The summed E-state index contributed by atoms with van der Waals surface area (Å²) in [6.07, 6.45) is 4.77. The third-order valence-corrected chi connectivity index (χ3v) is 6.32. The molecule has 1 amide bonds. The maximum atomic E-state index is 12.9. The summed E-state index contributed by atoms with van der Waals surface area (Å²) in [5.74, 6) is 0. The van der Waals surface area contributed by atoms with Gasteiger partial charge in [0.2, 0.25) is 0 Å². The molecule has 2 aromatic carbocycles. The van der Waals surface area contributed by atoms with Crippen LogP contribution in [0, 0.1) is 0 Å². The van der Waals surface area contributed by atoms with Gasteiger partial charge in [-0.1, -0.05) is 61.5 Å². The predicted octanol–water partition coefficient (Wildman–Crippen LogP) is 4.79. The molecule has 2 heterocycles. The minimum absolute atomic E-state index is 0.0330. The number of nitrogens with zero attached hydrogens (tertiary/aromatic N) is 1. The van der Waals surface area contributed by atoms with E-state index < -0.39 is 5.60 Å². The molecule has 28 heavy (non-hydrogen) atoms. The molecule has 2 saturated heterocycles. The van der Waals surface area contributed by atoms with Crippen molar-refractivity contribution in [3.05, 3.63) is 71.3 Å². The first-order chi connectivity index (χ1) is 13.6. The van der Waals surface area contributed by atoms with Gasteiger partial charge < -0.3 is 14.7 Å². The highest BCUT2D eigenvalue weighted by molar-refractivity contribution is 5.69. The summed E-state index contributed by atoms with van der Waals surface area (Å²) in [6, 6.07) is 18.0. The number of hydrogen-bond donors (Lipinski definition) is 1. The van der Waals surface area contributed by atoms with Gasteiger partial charge in [0.05, 0.1) is 5.60 Å². The van der Waals surface area contributed by atoms with Gasteiger partial charge in [0.1, 0.15) is 6.61 Å². The second-order valence-corrected chi connectivity index (χ2v) is 8.14. The fraction of sp³-hybridized carbons (Fsp3) is 0.458. The van der Waals surface area contributed by atoms with Gasteiger partial charge in [-0.3, -0.25) is 0 Å². The van der Waals surface area contributed by atoms with Crippen LogP contribution in [-0.2, 0) is 23.4 Å². The minimum Gasteiger partial charge on any atom is -0.445 e. The molecule has 2 aliphatic heterocycles. The van der Waals surface area contributed by atoms with Crippen molar-refractivity contribution in [1.82, 2.24) is 4.90 Å².